The molecule has 0 fully saturated rings. The maximum Gasteiger partial charge on any atom is 0.227 e. The molecule has 0 saturated heterocycles. The molecule has 32 heavy (non-hydrogen) atoms. The molecule has 1 amide bonds. The molecule has 166 valence electrons. The molecule has 0 atom stereocenters. The van der Waals surface area contributed by atoms with Crippen LogP contribution in [0.15, 0.2) is 77.7 Å². The van der Waals surface area contributed by atoms with Crippen LogP contribution in [0.3, 0.4) is 0 Å². The van der Waals surface area contributed by atoms with Gasteiger partial charge in [0, 0.05) is 30.5 Å². The number of rotatable bonds is 8. The lowest BCUT2D eigenvalue weighted by atomic mass is 10.0. The molecule has 0 saturated carbocycles. The zero-order valence-corrected chi connectivity index (χ0v) is 19.0. The maximum absolute atomic E-state index is 13.0. The van der Waals surface area contributed by atoms with Crippen molar-refractivity contribution in [2.45, 2.75) is 24.8 Å². The summed E-state index contributed by atoms with van der Waals surface area (Å²) in [6.07, 6.45) is 1.28. The normalized spacial score (nSPS) is 11.2. The average Bonchev–Trinajstić information content (AvgIpc) is 2.77. The van der Waals surface area contributed by atoms with E-state index in [0.29, 0.717) is 29.8 Å². The van der Waals surface area contributed by atoms with Crippen LogP contribution in [0.1, 0.15) is 23.6 Å². The van der Waals surface area contributed by atoms with Crippen molar-refractivity contribution in [2.75, 3.05) is 12.8 Å². The van der Waals surface area contributed by atoms with Gasteiger partial charge in [-0.3, -0.25) is 10.2 Å². The molecular formula is C25H27N3O3S. The first-order chi connectivity index (χ1) is 15.2. The molecule has 3 aromatic carbocycles. The molecule has 6 nitrogen and oxygen atoms in total. The minimum atomic E-state index is -3.48. The van der Waals surface area contributed by atoms with Gasteiger partial charge in [-0.05, 0) is 35.7 Å². The van der Waals surface area contributed by atoms with Gasteiger partial charge >= 0.3 is 0 Å². The lowest BCUT2D eigenvalue weighted by molar-refractivity contribution is -0.130. The summed E-state index contributed by atoms with van der Waals surface area (Å²) in [4.78, 5) is 14.9. The first-order valence-electron chi connectivity index (χ1n) is 10.3. The molecular weight excluding hydrogens is 422 g/mol. The van der Waals surface area contributed by atoms with Crippen molar-refractivity contribution in [1.29, 1.82) is 5.41 Å². The van der Waals surface area contributed by atoms with Crippen molar-refractivity contribution in [3.63, 3.8) is 0 Å². The molecule has 0 unspecified atom stereocenters. The van der Waals surface area contributed by atoms with E-state index in [1.54, 1.807) is 35.2 Å². The van der Waals surface area contributed by atoms with Gasteiger partial charge in [-0.2, -0.15) is 0 Å². The molecule has 0 spiro atoms. The Morgan fingerprint density at radius 1 is 0.969 bits per heavy atom. The number of sulfone groups is 1. The number of carbonyl (C=O) groups excluding carboxylic acids is 1. The number of benzene rings is 3. The van der Waals surface area contributed by atoms with Crippen LogP contribution in [0.5, 0.6) is 0 Å². The number of amidine groups is 1. The lowest BCUT2D eigenvalue weighted by Gasteiger charge is -2.22. The predicted octanol–water partition coefficient (Wildman–Crippen LogP) is 3.63. The predicted molar refractivity (Wildman–Crippen MR) is 127 cm³/mol. The Kier molecular flexibility index (Phi) is 7.10. The molecule has 3 N–H and O–H groups in total. The molecule has 3 rings (SSSR count). The van der Waals surface area contributed by atoms with E-state index in [0.717, 1.165) is 11.1 Å². The standard InChI is InChI=1S/C25H27N3O3S/c1-3-28(17-19-8-7-11-21(14-19)25(26)27)24(29)16-18-12-13-22(20-9-5-4-6-10-20)23(15-18)32(2,30)31/h4-15H,3,16-17H2,1-2H3,(H3,26,27). The van der Waals surface area contributed by atoms with Crippen LogP contribution < -0.4 is 5.73 Å². The summed E-state index contributed by atoms with van der Waals surface area (Å²) >= 11 is 0. The summed E-state index contributed by atoms with van der Waals surface area (Å²) in [5, 5.41) is 7.59. The minimum absolute atomic E-state index is 0.0203. The average molecular weight is 450 g/mol. The molecule has 0 heterocycles. The van der Waals surface area contributed by atoms with E-state index in [1.165, 1.54) is 6.26 Å². The van der Waals surface area contributed by atoms with Crippen LogP contribution in [0, 0.1) is 5.41 Å². The summed E-state index contributed by atoms with van der Waals surface area (Å²) in [6, 6.07) is 21.7. The fraction of sp³-hybridized carbons (Fsp3) is 0.200. The van der Waals surface area contributed by atoms with E-state index in [2.05, 4.69) is 0 Å². The zero-order chi connectivity index (χ0) is 23.3. The third-order valence-corrected chi connectivity index (χ3v) is 6.37. The third-order valence-electron chi connectivity index (χ3n) is 5.23. The van der Waals surface area contributed by atoms with E-state index in [-0.39, 0.29) is 23.1 Å². The minimum Gasteiger partial charge on any atom is -0.384 e. The molecule has 0 radical (unpaired) electrons. The summed E-state index contributed by atoms with van der Waals surface area (Å²) in [5.41, 5.74) is 9.13. The van der Waals surface area contributed by atoms with Crippen LogP contribution in [0.25, 0.3) is 11.1 Å². The van der Waals surface area contributed by atoms with Gasteiger partial charge in [-0.25, -0.2) is 8.42 Å². The number of nitrogen functional groups attached to an aromatic ring is 1. The summed E-state index contributed by atoms with van der Waals surface area (Å²) in [7, 11) is -3.48. The van der Waals surface area contributed by atoms with Crippen molar-refractivity contribution >= 4 is 21.6 Å². The number of nitrogens with one attached hydrogen (secondary N) is 1. The van der Waals surface area contributed by atoms with Crippen molar-refractivity contribution in [1.82, 2.24) is 4.90 Å². The lowest BCUT2D eigenvalue weighted by Crippen LogP contribution is -2.31. The Morgan fingerprint density at radius 2 is 1.69 bits per heavy atom. The quantitative estimate of drug-likeness (QED) is 0.405. The fourth-order valence-corrected chi connectivity index (χ4v) is 4.51. The second kappa shape index (κ2) is 9.78. The smallest absolute Gasteiger partial charge is 0.227 e. The van der Waals surface area contributed by atoms with Gasteiger partial charge in [0.15, 0.2) is 9.84 Å². The number of amides is 1. The fourth-order valence-electron chi connectivity index (χ4n) is 3.56. The van der Waals surface area contributed by atoms with Crippen LogP contribution in [-0.2, 0) is 27.6 Å². The van der Waals surface area contributed by atoms with Crippen LogP contribution in [0.4, 0.5) is 0 Å². The van der Waals surface area contributed by atoms with Crippen molar-refractivity contribution in [3.05, 3.63) is 89.5 Å². The molecule has 0 aliphatic carbocycles. The summed E-state index contributed by atoms with van der Waals surface area (Å²) < 4.78 is 24.9. The monoisotopic (exact) mass is 449 g/mol. The van der Waals surface area contributed by atoms with Crippen LogP contribution in [-0.4, -0.2) is 37.9 Å². The molecule has 7 heteroatoms. The highest BCUT2D eigenvalue weighted by atomic mass is 32.2. The Bertz CT molecular complexity index is 1240. The first-order valence-corrected chi connectivity index (χ1v) is 12.2. The highest BCUT2D eigenvalue weighted by Gasteiger charge is 2.18. The number of hydrogen-bond donors (Lipinski definition) is 2. The Hall–Kier alpha value is -3.45. The van der Waals surface area contributed by atoms with E-state index >= 15 is 0 Å². The van der Waals surface area contributed by atoms with E-state index in [4.69, 9.17) is 11.1 Å². The Labute approximate surface area is 189 Å². The molecule has 0 aromatic heterocycles. The third kappa shape index (κ3) is 5.62. The summed E-state index contributed by atoms with van der Waals surface area (Å²) in [5.74, 6) is -0.124. The second-order valence-electron chi connectivity index (χ2n) is 7.67. The molecule has 3 aromatic rings. The largest absolute Gasteiger partial charge is 0.384 e. The van der Waals surface area contributed by atoms with Gasteiger partial charge in [0.1, 0.15) is 5.84 Å². The Balaban J connectivity index is 1.84. The van der Waals surface area contributed by atoms with Gasteiger partial charge in [0.2, 0.25) is 5.91 Å². The van der Waals surface area contributed by atoms with Gasteiger partial charge < -0.3 is 10.6 Å². The second-order valence-corrected chi connectivity index (χ2v) is 9.65. The van der Waals surface area contributed by atoms with E-state index < -0.39 is 9.84 Å². The number of carbonyl (C=O) groups is 1. The maximum atomic E-state index is 13.0. The summed E-state index contributed by atoms with van der Waals surface area (Å²) in [6.45, 7) is 2.79. The molecule has 0 aliphatic rings. The number of hydrogen-bond acceptors (Lipinski definition) is 4. The van der Waals surface area contributed by atoms with E-state index in [1.807, 2.05) is 49.4 Å². The molecule has 0 aliphatic heterocycles. The Morgan fingerprint density at radius 3 is 2.31 bits per heavy atom. The highest BCUT2D eigenvalue weighted by molar-refractivity contribution is 7.90. The van der Waals surface area contributed by atoms with Crippen molar-refractivity contribution in [2.24, 2.45) is 5.73 Å². The number of nitrogens with two attached hydrogens (primary N) is 1. The van der Waals surface area contributed by atoms with Gasteiger partial charge in [0.25, 0.3) is 0 Å². The topological polar surface area (TPSA) is 104 Å². The van der Waals surface area contributed by atoms with Crippen LogP contribution >= 0.6 is 0 Å². The highest BCUT2D eigenvalue weighted by Crippen LogP contribution is 2.28. The molecule has 0 bridgehead atoms. The number of likely N-dealkylation sites (N-methyl/N-ethyl adjacent to an activating group) is 1. The van der Waals surface area contributed by atoms with E-state index in [9.17, 15) is 13.2 Å². The zero-order valence-electron chi connectivity index (χ0n) is 18.2. The first kappa shape index (κ1) is 23.2. The van der Waals surface area contributed by atoms with Gasteiger partial charge in [-0.15, -0.1) is 0 Å². The van der Waals surface area contributed by atoms with Crippen molar-refractivity contribution < 1.29 is 13.2 Å². The van der Waals surface area contributed by atoms with Gasteiger partial charge in [-0.1, -0.05) is 60.7 Å². The SMILES string of the molecule is CCN(Cc1cccc(C(=N)N)c1)C(=O)Cc1ccc(-c2ccccc2)c(S(C)(=O)=O)c1. The van der Waals surface area contributed by atoms with Crippen LogP contribution in [0.2, 0.25) is 0 Å². The van der Waals surface area contributed by atoms with Crippen molar-refractivity contribution in [3.8, 4) is 11.1 Å². The number of nitrogens with zero attached hydrogens (tertiary/aromatic N) is 1. The van der Waals surface area contributed by atoms with Gasteiger partial charge in [0.05, 0.1) is 11.3 Å².